The topological polar surface area (TPSA) is 91.0 Å². The SMILES string of the molecule is COc1ccc(NC(=O)N2CCN3CCCC3C2)cc1NS(C)(=O)=O. The van der Waals surface area contributed by atoms with E-state index in [-0.39, 0.29) is 6.03 Å². The summed E-state index contributed by atoms with van der Waals surface area (Å²) in [7, 11) is -1.98. The highest BCUT2D eigenvalue weighted by Crippen LogP contribution is 2.29. The quantitative estimate of drug-likeness (QED) is 0.838. The summed E-state index contributed by atoms with van der Waals surface area (Å²) in [5.41, 5.74) is 0.814. The van der Waals surface area contributed by atoms with Crippen molar-refractivity contribution < 1.29 is 17.9 Å². The van der Waals surface area contributed by atoms with Crippen LogP contribution in [0.4, 0.5) is 16.2 Å². The molecule has 9 heteroatoms. The predicted octanol–water partition coefficient (Wildman–Crippen LogP) is 1.38. The van der Waals surface area contributed by atoms with Gasteiger partial charge in [0, 0.05) is 31.4 Å². The van der Waals surface area contributed by atoms with Gasteiger partial charge in [-0.05, 0) is 37.6 Å². The van der Waals surface area contributed by atoms with E-state index < -0.39 is 10.0 Å². The van der Waals surface area contributed by atoms with Crippen molar-refractivity contribution in [3.8, 4) is 5.75 Å². The Morgan fingerprint density at radius 3 is 2.80 bits per heavy atom. The third-order valence-corrected chi connectivity index (χ3v) is 5.21. The number of methoxy groups -OCH3 is 1. The molecule has 0 aromatic heterocycles. The average Bonchev–Trinajstić information content (AvgIpc) is 3.01. The highest BCUT2D eigenvalue weighted by atomic mass is 32.2. The van der Waals surface area contributed by atoms with Gasteiger partial charge < -0.3 is 15.0 Å². The first-order valence-corrected chi connectivity index (χ1v) is 10.2. The maximum atomic E-state index is 12.5. The molecule has 0 aliphatic carbocycles. The van der Waals surface area contributed by atoms with E-state index in [9.17, 15) is 13.2 Å². The molecular formula is C16H24N4O4S. The number of urea groups is 1. The lowest BCUT2D eigenvalue weighted by molar-refractivity contribution is 0.124. The van der Waals surface area contributed by atoms with Crippen molar-refractivity contribution in [1.82, 2.24) is 9.80 Å². The summed E-state index contributed by atoms with van der Waals surface area (Å²) < 4.78 is 30.5. The Kier molecular flexibility index (Phi) is 5.05. The van der Waals surface area contributed by atoms with Crippen molar-refractivity contribution in [1.29, 1.82) is 0 Å². The molecule has 2 heterocycles. The number of nitrogens with zero attached hydrogens (tertiary/aromatic N) is 2. The van der Waals surface area contributed by atoms with Gasteiger partial charge in [-0.2, -0.15) is 0 Å². The van der Waals surface area contributed by atoms with Gasteiger partial charge in [0.15, 0.2) is 0 Å². The van der Waals surface area contributed by atoms with Crippen molar-refractivity contribution in [2.75, 3.05) is 49.6 Å². The van der Waals surface area contributed by atoms with Crippen molar-refractivity contribution >= 4 is 27.4 Å². The Balaban J connectivity index is 1.69. The number of carbonyl (C=O) groups excluding carboxylic acids is 1. The maximum Gasteiger partial charge on any atom is 0.321 e. The van der Waals surface area contributed by atoms with Crippen LogP contribution in [-0.4, -0.2) is 69.8 Å². The molecule has 2 saturated heterocycles. The van der Waals surface area contributed by atoms with Crippen LogP contribution in [-0.2, 0) is 10.0 Å². The number of hydrogen-bond acceptors (Lipinski definition) is 5. The third kappa shape index (κ3) is 4.35. The minimum Gasteiger partial charge on any atom is -0.495 e. The predicted molar refractivity (Wildman–Crippen MR) is 96.6 cm³/mol. The Morgan fingerprint density at radius 2 is 2.08 bits per heavy atom. The van der Waals surface area contributed by atoms with Crippen LogP contribution in [0.5, 0.6) is 5.75 Å². The van der Waals surface area contributed by atoms with E-state index >= 15 is 0 Å². The van der Waals surface area contributed by atoms with Gasteiger partial charge in [-0.3, -0.25) is 9.62 Å². The molecule has 25 heavy (non-hydrogen) atoms. The number of fused-ring (bicyclic) bond motifs is 1. The number of ether oxygens (including phenoxy) is 1. The Bertz CT molecular complexity index is 753. The second-order valence-corrected chi connectivity index (χ2v) is 8.25. The van der Waals surface area contributed by atoms with Crippen LogP contribution in [0.25, 0.3) is 0 Å². The number of hydrogen-bond donors (Lipinski definition) is 2. The maximum absolute atomic E-state index is 12.5. The summed E-state index contributed by atoms with van der Waals surface area (Å²) in [4.78, 5) is 16.8. The van der Waals surface area contributed by atoms with E-state index in [2.05, 4.69) is 14.9 Å². The minimum absolute atomic E-state index is 0.165. The molecule has 138 valence electrons. The molecule has 3 rings (SSSR count). The Labute approximate surface area is 148 Å². The van der Waals surface area contributed by atoms with Crippen LogP contribution in [0.15, 0.2) is 18.2 Å². The fourth-order valence-electron chi connectivity index (χ4n) is 3.44. The van der Waals surface area contributed by atoms with Crippen LogP contribution < -0.4 is 14.8 Å². The molecule has 2 amide bonds. The lowest BCUT2D eigenvalue weighted by Gasteiger charge is -2.37. The second kappa shape index (κ2) is 7.09. The summed E-state index contributed by atoms with van der Waals surface area (Å²) in [5.74, 6) is 0.392. The molecule has 1 unspecified atom stereocenters. The second-order valence-electron chi connectivity index (χ2n) is 6.50. The van der Waals surface area contributed by atoms with Gasteiger partial charge in [-0.15, -0.1) is 0 Å². The average molecular weight is 368 g/mol. The van der Waals surface area contributed by atoms with Crippen LogP contribution in [0.3, 0.4) is 0 Å². The van der Waals surface area contributed by atoms with E-state index in [1.54, 1.807) is 18.2 Å². The number of benzene rings is 1. The van der Waals surface area contributed by atoms with Crippen LogP contribution in [0.2, 0.25) is 0 Å². The molecule has 1 aromatic carbocycles. The highest BCUT2D eigenvalue weighted by Gasteiger charge is 2.32. The summed E-state index contributed by atoms with van der Waals surface area (Å²) >= 11 is 0. The van der Waals surface area contributed by atoms with Crippen LogP contribution in [0.1, 0.15) is 12.8 Å². The molecule has 2 aliphatic heterocycles. The monoisotopic (exact) mass is 368 g/mol. The zero-order valence-corrected chi connectivity index (χ0v) is 15.3. The van der Waals surface area contributed by atoms with E-state index in [1.807, 2.05) is 4.90 Å². The third-order valence-electron chi connectivity index (χ3n) is 4.62. The Morgan fingerprint density at radius 1 is 1.28 bits per heavy atom. The fraction of sp³-hybridized carbons (Fsp3) is 0.562. The van der Waals surface area contributed by atoms with E-state index in [0.717, 1.165) is 32.3 Å². The van der Waals surface area contributed by atoms with Crippen molar-refractivity contribution in [2.45, 2.75) is 18.9 Å². The first kappa shape index (κ1) is 17.8. The molecule has 2 N–H and O–H groups in total. The molecule has 2 aliphatic rings. The van der Waals surface area contributed by atoms with E-state index in [0.29, 0.717) is 29.7 Å². The lowest BCUT2D eigenvalue weighted by atomic mass is 10.1. The van der Waals surface area contributed by atoms with Crippen molar-refractivity contribution in [3.05, 3.63) is 18.2 Å². The van der Waals surface area contributed by atoms with Crippen molar-refractivity contribution in [3.63, 3.8) is 0 Å². The first-order chi connectivity index (χ1) is 11.9. The summed E-state index contributed by atoms with van der Waals surface area (Å²) in [6, 6.07) is 5.16. The molecule has 2 fully saturated rings. The highest BCUT2D eigenvalue weighted by molar-refractivity contribution is 7.92. The lowest BCUT2D eigenvalue weighted by Crippen LogP contribution is -2.53. The van der Waals surface area contributed by atoms with Crippen LogP contribution in [0, 0.1) is 0 Å². The normalized spacial score (nSPS) is 20.9. The molecule has 8 nitrogen and oxygen atoms in total. The van der Waals surface area contributed by atoms with Crippen molar-refractivity contribution in [2.24, 2.45) is 0 Å². The molecule has 0 saturated carbocycles. The van der Waals surface area contributed by atoms with Gasteiger partial charge in [-0.1, -0.05) is 0 Å². The number of carbonyl (C=O) groups is 1. The summed E-state index contributed by atoms with van der Waals surface area (Å²) in [5, 5.41) is 2.85. The largest absolute Gasteiger partial charge is 0.495 e. The Hall–Kier alpha value is -2.00. The number of sulfonamides is 1. The zero-order valence-electron chi connectivity index (χ0n) is 14.5. The molecular weight excluding hydrogens is 344 g/mol. The molecule has 0 bridgehead atoms. The van der Waals surface area contributed by atoms with Gasteiger partial charge in [0.05, 0.1) is 19.1 Å². The summed E-state index contributed by atoms with van der Waals surface area (Å²) in [6.45, 7) is 3.46. The summed E-state index contributed by atoms with van der Waals surface area (Å²) in [6.07, 6.45) is 3.40. The number of rotatable bonds is 4. The molecule has 1 atom stereocenters. The van der Waals surface area contributed by atoms with Crippen LogP contribution >= 0.6 is 0 Å². The standard InChI is InChI=1S/C16H24N4O4S/c1-24-15-6-5-12(10-14(15)18-25(2,22)23)17-16(21)20-9-8-19-7-3-4-13(19)11-20/h5-6,10,13,18H,3-4,7-9,11H2,1-2H3,(H,17,21). The minimum atomic E-state index is -3.44. The van der Waals surface area contributed by atoms with Gasteiger partial charge >= 0.3 is 6.03 Å². The van der Waals surface area contributed by atoms with Gasteiger partial charge in [0.25, 0.3) is 0 Å². The fourth-order valence-corrected chi connectivity index (χ4v) is 4.00. The van der Waals surface area contributed by atoms with Gasteiger partial charge in [0.1, 0.15) is 5.75 Å². The van der Waals surface area contributed by atoms with Gasteiger partial charge in [0.2, 0.25) is 10.0 Å². The smallest absolute Gasteiger partial charge is 0.321 e. The van der Waals surface area contributed by atoms with Gasteiger partial charge in [-0.25, -0.2) is 13.2 Å². The van der Waals surface area contributed by atoms with E-state index in [1.165, 1.54) is 13.5 Å². The molecule has 1 aromatic rings. The number of amides is 2. The molecule has 0 radical (unpaired) electrons. The zero-order chi connectivity index (χ0) is 18.0. The number of anilines is 2. The van der Waals surface area contributed by atoms with E-state index in [4.69, 9.17) is 4.74 Å². The first-order valence-electron chi connectivity index (χ1n) is 8.31. The number of nitrogens with one attached hydrogen (secondary N) is 2. The number of piperazine rings is 1. The molecule has 0 spiro atoms.